The zero-order valence-electron chi connectivity index (χ0n) is 4.33. The van der Waals surface area contributed by atoms with Crippen LogP contribution in [-0.2, 0) is 9.53 Å². The smallest absolute Gasteiger partial charge is 0.330 e. The van der Waals surface area contributed by atoms with Crippen molar-refractivity contribution in [3.63, 3.8) is 0 Å². The van der Waals surface area contributed by atoms with E-state index in [0.29, 0.717) is 6.61 Å². The van der Waals surface area contributed by atoms with Crippen LogP contribution in [0.4, 0.5) is 0 Å². The van der Waals surface area contributed by atoms with Gasteiger partial charge in [-0.2, -0.15) is 0 Å². The van der Waals surface area contributed by atoms with Crippen LogP contribution in [0, 0.1) is 0 Å². The first kappa shape index (κ1) is 5.31. The lowest BCUT2D eigenvalue weighted by molar-refractivity contribution is -0.138. The van der Waals surface area contributed by atoms with Gasteiger partial charge in [0.1, 0.15) is 6.61 Å². The first-order valence-corrected chi connectivity index (χ1v) is 2.39. The van der Waals surface area contributed by atoms with Crippen molar-refractivity contribution in [2.75, 3.05) is 6.61 Å². The van der Waals surface area contributed by atoms with Crippen LogP contribution < -0.4 is 5.73 Å². The van der Waals surface area contributed by atoms with E-state index in [1.807, 2.05) is 0 Å². The van der Waals surface area contributed by atoms with Gasteiger partial charge in [-0.15, -0.1) is 0 Å². The Morgan fingerprint density at radius 2 is 2.62 bits per heavy atom. The molecule has 0 aliphatic carbocycles. The van der Waals surface area contributed by atoms with Gasteiger partial charge in [-0.25, -0.2) is 4.79 Å². The highest BCUT2D eigenvalue weighted by Crippen LogP contribution is 1.93. The monoisotopic (exact) mass is 113 g/mol. The first-order chi connectivity index (χ1) is 3.79. The normalized spacial score (nSPS) is 27.6. The summed E-state index contributed by atoms with van der Waals surface area (Å²) < 4.78 is 4.54. The number of nitrogens with two attached hydrogens (primary N) is 1. The average Bonchev–Trinajstić information content (AvgIpc) is 1.77. The summed E-state index contributed by atoms with van der Waals surface area (Å²) in [7, 11) is 0. The molecule has 1 heterocycles. The minimum absolute atomic E-state index is 0.104. The molecular formula is C5H7NO2. The van der Waals surface area contributed by atoms with Gasteiger partial charge < -0.3 is 10.5 Å². The van der Waals surface area contributed by atoms with Crippen LogP contribution in [0.15, 0.2) is 12.2 Å². The van der Waals surface area contributed by atoms with Gasteiger partial charge in [0.15, 0.2) is 0 Å². The van der Waals surface area contributed by atoms with Gasteiger partial charge in [-0.3, -0.25) is 0 Å². The largest absolute Gasteiger partial charge is 0.461 e. The molecular weight excluding hydrogens is 106 g/mol. The highest BCUT2D eigenvalue weighted by atomic mass is 16.5. The molecule has 0 fully saturated rings. The van der Waals surface area contributed by atoms with E-state index in [2.05, 4.69) is 4.74 Å². The Morgan fingerprint density at radius 3 is 3.00 bits per heavy atom. The molecule has 8 heavy (non-hydrogen) atoms. The van der Waals surface area contributed by atoms with E-state index in [9.17, 15) is 4.79 Å². The van der Waals surface area contributed by atoms with Crippen molar-refractivity contribution in [3.05, 3.63) is 12.2 Å². The molecule has 0 amide bonds. The second kappa shape index (κ2) is 1.96. The van der Waals surface area contributed by atoms with Crippen LogP contribution in [0.1, 0.15) is 0 Å². The third-order valence-corrected chi connectivity index (χ3v) is 0.898. The Hall–Kier alpha value is -0.830. The fraction of sp³-hybridized carbons (Fsp3) is 0.400. The van der Waals surface area contributed by atoms with E-state index in [4.69, 9.17) is 5.73 Å². The molecule has 3 heteroatoms. The molecule has 0 saturated carbocycles. The summed E-state index contributed by atoms with van der Waals surface area (Å²) in [6, 6.07) is -0.104. The third-order valence-electron chi connectivity index (χ3n) is 0.898. The van der Waals surface area contributed by atoms with Crippen molar-refractivity contribution in [2.45, 2.75) is 6.04 Å². The van der Waals surface area contributed by atoms with E-state index in [1.165, 1.54) is 6.08 Å². The fourth-order valence-electron chi connectivity index (χ4n) is 0.484. The van der Waals surface area contributed by atoms with Gasteiger partial charge in [0.05, 0.1) is 6.04 Å². The molecule has 1 aliphatic heterocycles. The summed E-state index contributed by atoms with van der Waals surface area (Å²) in [4.78, 5) is 10.2. The molecule has 0 aromatic carbocycles. The van der Waals surface area contributed by atoms with Crippen LogP contribution in [0.3, 0.4) is 0 Å². The van der Waals surface area contributed by atoms with E-state index in [1.54, 1.807) is 6.08 Å². The lowest BCUT2D eigenvalue weighted by Crippen LogP contribution is -2.28. The van der Waals surface area contributed by atoms with Crippen LogP contribution in [0.25, 0.3) is 0 Å². The minimum atomic E-state index is -0.299. The van der Waals surface area contributed by atoms with Crippen molar-refractivity contribution < 1.29 is 9.53 Å². The number of hydrogen-bond acceptors (Lipinski definition) is 3. The molecule has 0 aromatic heterocycles. The lowest BCUT2D eigenvalue weighted by Gasteiger charge is -2.10. The molecule has 0 saturated heterocycles. The summed E-state index contributed by atoms with van der Waals surface area (Å²) in [6.07, 6.45) is 2.97. The number of hydrogen-bond donors (Lipinski definition) is 1. The zero-order valence-corrected chi connectivity index (χ0v) is 4.33. The molecule has 0 unspecified atom stereocenters. The summed E-state index contributed by atoms with van der Waals surface area (Å²) in [6.45, 7) is 0.315. The average molecular weight is 113 g/mol. The molecule has 2 N–H and O–H groups in total. The Balaban J connectivity index is 2.55. The van der Waals surface area contributed by atoms with E-state index >= 15 is 0 Å². The van der Waals surface area contributed by atoms with Crippen LogP contribution >= 0.6 is 0 Å². The standard InChI is InChI=1S/C5H7NO2/c6-4-1-2-5(7)8-3-4/h1-2,4H,3,6H2/t4-/m1/s1. The van der Waals surface area contributed by atoms with Crippen LogP contribution in [0.2, 0.25) is 0 Å². The number of ether oxygens (including phenoxy) is 1. The number of esters is 1. The predicted octanol–water partition coefficient (Wildman–Crippen LogP) is -0.573. The summed E-state index contributed by atoms with van der Waals surface area (Å²) in [5.74, 6) is -0.299. The van der Waals surface area contributed by atoms with Crippen molar-refractivity contribution in [3.8, 4) is 0 Å². The van der Waals surface area contributed by atoms with Gasteiger partial charge in [0, 0.05) is 6.08 Å². The van der Waals surface area contributed by atoms with Crippen LogP contribution in [-0.4, -0.2) is 18.6 Å². The maximum Gasteiger partial charge on any atom is 0.330 e. The maximum absolute atomic E-state index is 10.2. The molecule has 1 atom stereocenters. The van der Waals surface area contributed by atoms with Gasteiger partial charge in [-0.05, 0) is 0 Å². The maximum atomic E-state index is 10.2. The van der Waals surface area contributed by atoms with Gasteiger partial charge in [0.2, 0.25) is 0 Å². The number of cyclic esters (lactones) is 1. The van der Waals surface area contributed by atoms with Crippen molar-refractivity contribution in [1.82, 2.24) is 0 Å². The van der Waals surface area contributed by atoms with Crippen molar-refractivity contribution >= 4 is 5.97 Å². The molecule has 0 aromatic rings. The van der Waals surface area contributed by atoms with Gasteiger partial charge in [-0.1, -0.05) is 6.08 Å². The molecule has 1 rings (SSSR count). The Kier molecular flexibility index (Phi) is 1.30. The molecule has 0 spiro atoms. The van der Waals surface area contributed by atoms with Gasteiger partial charge in [0.25, 0.3) is 0 Å². The first-order valence-electron chi connectivity index (χ1n) is 2.39. The zero-order chi connectivity index (χ0) is 5.98. The molecule has 3 nitrogen and oxygen atoms in total. The predicted molar refractivity (Wildman–Crippen MR) is 28.1 cm³/mol. The van der Waals surface area contributed by atoms with Crippen LogP contribution in [0.5, 0.6) is 0 Å². The summed E-state index contributed by atoms with van der Waals surface area (Å²) in [5.41, 5.74) is 5.33. The molecule has 44 valence electrons. The number of carbonyl (C=O) groups is 1. The quantitative estimate of drug-likeness (QED) is 0.428. The third kappa shape index (κ3) is 1.07. The van der Waals surface area contributed by atoms with E-state index < -0.39 is 0 Å². The second-order valence-corrected chi connectivity index (χ2v) is 1.65. The minimum Gasteiger partial charge on any atom is -0.461 e. The Morgan fingerprint density at radius 1 is 1.88 bits per heavy atom. The SMILES string of the molecule is N[C@@H]1C=CC(=O)OC1. The summed E-state index contributed by atoms with van der Waals surface area (Å²) >= 11 is 0. The number of carbonyl (C=O) groups excluding carboxylic acids is 1. The van der Waals surface area contributed by atoms with Crippen molar-refractivity contribution in [1.29, 1.82) is 0 Å². The Labute approximate surface area is 47.1 Å². The van der Waals surface area contributed by atoms with Gasteiger partial charge >= 0.3 is 5.97 Å². The fourth-order valence-corrected chi connectivity index (χ4v) is 0.484. The van der Waals surface area contributed by atoms with E-state index in [-0.39, 0.29) is 12.0 Å². The number of rotatable bonds is 0. The molecule has 0 bridgehead atoms. The summed E-state index contributed by atoms with van der Waals surface area (Å²) in [5, 5.41) is 0. The van der Waals surface area contributed by atoms with Crippen molar-refractivity contribution in [2.24, 2.45) is 5.73 Å². The lowest BCUT2D eigenvalue weighted by atomic mass is 10.3. The van der Waals surface area contributed by atoms with E-state index in [0.717, 1.165) is 0 Å². The highest BCUT2D eigenvalue weighted by Gasteiger charge is 2.07. The second-order valence-electron chi connectivity index (χ2n) is 1.65. The highest BCUT2D eigenvalue weighted by molar-refractivity contribution is 5.82. The molecule has 0 radical (unpaired) electrons. The Bertz CT molecular complexity index is 130. The molecule has 1 aliphatic rings. The topological polar surface area (TPSA) is 52.3 Å².